The maximum absolute atomic E-state index is 13.2. The molecule has 0 atom stereocenters. The summed E-state index contributed by atoms with van der Waals surface area (Å²) in [7, 11) is 0.877. The van der Waals surface area contributed by atoms with Gasteiger partial charge < -0.3 is 4.90 Å². The summed E-state index contributed by atoms with van der Waals surface area (Å²) in [4.78, 5) is 13.2. The number of rotatable bonds is 0. The van der Waals surface area contributed by atoms with E-state index in [-0.39, 0.29) is 15.3 Å². The number of piperidine rings is 1. The summed E-state index contributed by atoms with van der Waals surface area (Å²) >= 11 is 0.534. The molecule has 4 rings (SSSR count). The van der Waals surface area contributed by atoms with E-state index in [1.807, 2.05) is 0 Å². The van der Waals surface area contributed by atoms with E-state index in [1.54, 1.807) is 0 Å². The number of Topliss-reactive ketones (excluding diaryl/α,β-unsaturated/α-hetero) is 1. The second-order valence-electron chi connectivity index (χ2n) is 4.77. The van der Waals surface area contributed by atoms with E-state index in [2.05, 4.69) is 0 Å². The molecule has 0 N–H and O–H groups in total. The first-order valence-electron chi connectivity index (χ1n) is 13.5. The van der Waals surface area contributed by atoms with Crippen LogP contribution in [-0.4, -0.2) is 30.7 Å². The molecule has 1 saturated heterocycles. The Balaban J connectivity index is 2.39. The third kappa shape index (κ3) is 2.25. The van der Waals surface area contributed by atoms with Crippen LogP contribution in [0.2, 0.25) is 0 Å². The Morgan fingerprint density at radius 1 is 1.18 bits per heavy atom. The molecule has 0 saturated carbocycles. The van der Waals surface area contributed by atoms with Gasteiger partial charge in [-0.2, -0.15) is 0 Å². The summed E-state index contributed by atoms with van der Waals surface area (Å²) in [5, 5.41) is -0.448. The van der Waals surface area contributed by atoms with Gasteiger partial charge in [0.15, 0.2) is 5.78 Å². The van der Waals surface area contributed by atoms with Crippen LogP contribution < -0.4 is 0 Å². The maximum atomic E-state index is 13.2. The lowest BCUT2D eigenvalue weighted by Crippen LogP contribution is -2.27. The largest absolute Gasteiger partial charge is 0.306 e. The smallest absolute Gasteiger partial charge is 0.177 e. The number of carbonyl (C=O) groups is 1. The van der Waals surface area contributed by atoms with Crippen LogP contribution in [0.4, 0.5) is 0 Å². The van der Waals surface area contributed by atoms with Crippen molar-refractivity contribution in [1.29, 1.82) is 0 Å². The van der Waals surface area contributed by atoms with E-state index >= 15 is 0 Å². The molecule has 2 heterocycles. The van der Waals surface area contributed by atoms with Crippen LogP contribution in [0.25, 0.3) is 5.57 Å². The second kappa shape index (κ2) is 5.49. The molecule has 112 valence electrons. The molecule has 0 amide bonds. The number of hydrogen-bond donors (Lipinski definition) is 0. The number of benzene rings is 1. The second-order valence-corrected chi connectivity index (χ2v) is 5.59. The summed E-state index contributed by atoms with van der Waals surface area (Å²) < 4.78 is 118. The lowest BCUT2D eigenvalue weighted by atomic mass is 9.88. The normalized spacial score (nSPS) is 37.2. The Bertz CT molecular complexity index is 1350. The number of fused-ring (bicyclic) bond motifs is 2. The predicted octanol–water partition coefficient (Wildman–Crippen LogP) is 4.01. The van der Waals surface area contributed by atoms with Crippen molar-refractivity contribution in [2.45, 2.75) is 19.2 Å². The average Bonchev–Trinajstić information content (AvgIpc) is 3.00. The van der Waals surface area contributed by atoms with Gasteiger partial charge in [0, 0.05) is 35.9 Å². The van der Waals surface area contributed by atoms with Crippen molar-refractivity contribution >= 4 is 22.7 Å². The Kier molecular flexibility index (Phi) is 1.35. The van der Waals surface area contributed by atoms with Crippen molar-refractivity contribution in [3.05, 3.63) is 62.7 Å². The van der Waals surface area contributed by atoms with Crippen LogP contribution >= 0.6 is 11.3 Å². The molecule has 1 aliphatic heterocycles. The van der Waals surface area contributed by atoms with Crippen molar-refractivity contribution in [1.82, 2.24) is 4.90 Å². The number of thiophene rings is 1. The molecule has 0 spiro atoms. The average molecular weight is 324 g/mol. The number of carbonyl (C=O) groups excluding carboxylic acids is 1. The highest BCUT2D eigenvalue weighted by Crippen LogP contribution is 2.40. The summed E-state index contributed by atoms with van der Waals surface area (Å²) in [5.74, 6) is -0.746. The summed E-state index contributed by atoms with van der Waals surface area (Å²) in [6, 6.07) is -3.56. The van der Waals surface area contributed by atoms with Crippen LogP contribution in [0, 0.1) is 0 Å². The van der Waals surface area contributed by atoms with Crippen LogP contribution in [0.3, 0.4) is 0 Å². The lowest BCUT2D eigenvalue weighted by Gasteiger charge is -2.27. The first kappa shape index (κ1) is 5.43. The van der Waals surface area contributed by atoms with Gasteiger partial charge in [0.05, 0.1) is 13.1 Å². The molecule has 2 aromatic rings. The molecule has 3 heteroatoms. The van der Waals surface area contributed by atoms with Crippen molar-refractivity contribution in [2.75, 3.05) is 20.0 Å². The van der Waals surface area contributed by atoms with Gasteiger partial charge in [0.1, 0.15) is 0 Å². The first-order valence-corrected chi connectivity index (χ1v) is 7.28. The number of hydrogen-bond acceptors (Lipinski definition) is 3. The van der Waals surface area contributed by atoms with Gasteiger partial charge in [-0.1, -0.05) is 29.7 Å². The van der Waals surface area contributed by atoms with E-state index in [0.717, 1.165) is 7.05 Å². The van der Waals surface area contributed by atoms with Gasteiger partial charge in [-0.05, 0) is 47.9 Å². The Labute approximate surface area is 154 Å². The van der Waals surface area contributed by atoms with Crippen LogP contribution in [-0.2, 0) is 6.42 Å². The monoisotopic (exact) mass is 323 g/mol. The zero-order chi connectivity index (χ0) is 27.5. The summed E-state index contributed by atoms with van der Waals surface area (Å²) in [6.45, 7) is -6.34. The third-order valence-electron chi connectivity index (χ3n) is 3.36. The van der Waals surface area contributed by atoms with Crippen molar-refractivity contribution in [3.63, 3.8) is 0 Å². The molecule has 0 radical (unpaired) electrons. The number of ketones is 1. The molecule has 0 unspecified atom stereocenters. The molecule has 2 nitrogen and oxygen atoms in total. The minimum atomic E-state index is -3.32. The predicted molar refractivity (Wildman–Crippen MR) is 91.5 cm³/mol. The van der Waals surface area contributed by atoms with Crippen molar-refractivity contribution in [2.24, 2.45) is 0 Å². The minimum Gasteiger partial charge on any atom is -0.306 e. The highest BCUT2D eigenvalue weighted by Gasteiger charge is 2.27. The first-order chi connectivity index (χ1) is 16.2. The van der Waals surface area contributed by atoms with Crippen LogP contribution in [0.5, 0.6) is 0 Å². The van der Waals surface area contributed by atoms with Crippen molar-refractivity contribution in [3.8, 4) is 0 Å². The van der Waals surface area contributed by atoms with E-state index in [1.165, 1.54) is 0 Å². The van der Waals surface area contributed by atoms with Gasteiger partial charge in [-0.3, -0.25) is 4.79 Å². The molecule has 1 aromatic carbocycles. The molecule has 0 bridgehead atoms. The highest BCUT2D eigenvalue weighted by atomic mass is 32.1. The molecule has 22 heavy (non-hydrogen) atoms. The fourth-order valence-corrected chi connectivity index (χ4v) is 3.07. The zero-order valence-electron chi connectivity index (χ0n) is 25.5. The minimum absolute atomic E-state index is 0.277. The number of nitrogens with zero attached hydrogens (tertiary/aromatic N) is 1. The molecule has 2 aliphatic rings. The Morgan fingerprint density at radius 3 is 2.77 bits per heavy atom. The molecular weight excluding hydrogens is 290 g/mol. The topological polar surface area (TPSA) is 20.3 Å². The summed E-state index contributed by atoms with van der Waals surface area (Å²) in [6.07, 6.45) is -7.26. The van der Waals surface area contributed by atoms with E-state index in [0.29, 0.717) is 11.3 Å². The quantitative estimate of drug-likeness (QED) is 0.730. The van der Waals surface area contributed by atoms with E-state index in [9.17, 15) is 4.79 Å². The standard InChI is InChI=1S/C19H19NOS/c1-20-9-6-13(7-10-20)18-15-5-3-2-4-14(15)12-17(21)19-16(18)8-11-22-19/h2-5,8,11H,6-7,9-10,12H2,1H3/i2D,3D,4D,5D,6D2,7D2,8D,9D2,10D2,11D. The van der Waals surface area contributed by atoms with Crippen LogP contribution in [0.15, 0.2) is 41.1 Å². The maximum Gasteiger partial charge on any atom is 0.177 e. The molecule has 1 aromatic heterocycles. The third-order valence-corrected chi connectivity index (χ3v) is 4.20. The van der Waals surface area contributed by atoms with Gasteiger partial charge >= 0.3 is 0 Å². The lowest BCUT2D eigenvalue weighted by molar-refractivity contribution is 0.0997. The van der Waals surface area contributed by atoms with Gasteiger partial charge in [-0.15, -0.1) is 11.3 Å². The molecule has 1 fully saturated rings. The van der Waals surface area contributed by atoms with Gasteiger partial charge in [-0.25, -0.2) is 0 Å². The van der Waals surface area contributed by atoms with E-state index in [4.69, 9.17) is 19.2 Å². The van der Waals surface area contributed by atoms with Crippen molar-refractivity contribution < 1.29 is 24.0 Å². The Morgan fingerprint density at radius 2 is 1.95 bits per heavy atom. The van der Waals surface area contributed by atoms with E-state index < -0.39 is 95.8 Å². The molecular formula is C19H19NOS. The van der Waals surface area contributed by atoms with Crippen LogP contribution in [0.1, 0.15) is 58.3 Å². The van der Waals surface area contributed by atoms with Gasteiger partial charge in [0.2, 0.25) is 0 Å². The highest BCUT2D eigenvalue weighted by molar-refractivity contribution is 7.12. The Hall–Kier alpha value is -1.71. The fourth-order valence-electron chi connectivity index (χ4n) is 2.37. The summed E-state index contributed by atoms with van der Waals surface area (Å²) in [5.41, 5.74) is -3.14. The zero-order valence-corrected chi connectivity index (χ0v) is 12.3. The SMILES string of the molecule is [2H]c1sc2c(c1[2H])C(=C1C([2H])([2H])C([2H])([2H])N(C)C([2H])([2H])C1([2H])[2H])c1c([2H])c([2H])c([2H])c([2H])c1CC2=O. The molecule has 1 aliphatic carbocycles. The number of likely N-dealkylation sites (tertiary alicyclic amines) is 1. The van der Waals surface area contributed by atoms with Gasteiger partial charge in [0.25, 0.3) is 0 Å². The fraction of sp³-hybridized carbons (Fsp3) is 0.316.